The highest BCUT2D eigenvalue weighted by Gasteiger charge is 2.28. The van der Waals surface area contributed by atoms with Gasteiger partial charge in [-0.2, -0.15) is 0 Å². The van der Waals surface area contributed by atoms with Gasteiger partial charge in [0.1, 0.15) is 0 Å². The molecule has 0 aromatic rings. The Hall–Kier alpha value is -0.570. The van der Waals surface area contributed by atoms with Crippen molar-refractivity contribution in [1.29, 1.82) is 0 Å². The van der Waals surface area contributed by atoms with E-state index < -0.39 is 0 Å². The van der Waals surface area contributed by atoms with Gasteiger partial charge in [-0.3, -0.25) is 4.79 Å². The first kappa shape index (κ1) is 11.5. The molecule has 1 saturated heterocycles. The van der Waals surface area contributed by atoms with Crippen molar-refractivity contribution in [3.05, 3.63) is 0 Å². The van der Waals surface area contributed by atoms with Gasteiger partial charge in [-0.25, -0.2) is 0 Å². The summed E-state index contributed by atoms with van der Waals surface area (Å²) in [5, 5.41) is 3.44. The molecule has 0 saturated carbocycles. The van der Waals surface area contributed by atoms with Crippen LogP contribution in [-0.4, -0.2) is 24.7 Å². The van der Waals surface area contributed by atoms with Crippen LogP contribution in [0.4, 0.5) is 0 Å². The second-order valence-corrected chi connectivity index (χ2v) is 4.68. The second kappa shape index (κ2) is 4.78. The molecular formula is C11H21NO2. The largest absolute Gasteiger partial charge is 0.466 e. The zero-order chi connectivity index (χ0) is 10.6. The summed E-state index contributed by atoms with van der Waals surface area (Å²) in [5.74, 6) is 0.445. The summed E-state index contributed by atoms with van der Waals surface area (Å²) in [6.45, 7) is 7.73. The fraction of sp³-hybridized carbons (Fsp3) is 0.909. The number of ether oxygens (including phenoxy) is 1. The quantitative estimate of drug-likeness (QED) is 0.703. The van der Waals surface area contributed by atoms with Gasteiger partial charge in [-0.1, -0.05) is 0 Å². The number of carbonyl (C=O) groups excluding carboxylic acids is 1. The molecule has 1 fully saturated rings. The van der Waals surface area contributed by atoms with E-state index in [2.05, 4.69) is 19.2 Å². The number of piperidine rings is 1. The summed E-state index contributed by atoms with van der Waals surface area (Å²) in [6, 6.07) is 0. The predicted molar refractivity (Wildman–Crippen MR) is 56.1 cm³/mol. The van der Waals surface area contributed by atoms with Crippen molar-refractivity contribution in [3.63, 3.8) is 0 Å². The Morgan fingerprint density at radius 2 is 2.29 bits per heavy atom. The summed E-state index contributed by atoms with van der Waals surface area (Å²) >= 11 is 0. The van der Waals surface area contributed by atoms with Gasteiger partial charge in [-0.15, -0.1) is 0 Å². The summed E-state index contributed by atoms with van der Waals surface area (Å²) in [7, 11) is 0. The maximum absolute atomic E-state index is 11.3. The molecule has 0 radical (unpaired) electrons. The molecule has 1 rings (SSSR count). The van der Waals surface area contributed by atoms with Crippen LogP contribution in [-0.2, 0) is 9.53 Å². The molecule has 82 valence electrons. The summed E-state index contributed by atoms with van der Waals surface area (Å²) in [5.41, 5.74) is 0.176. The summed E-state index contributed by atoms with van der Waals surface area (Å²) < 4.78 is 4.95. The number of esters is 1. The molecule has 1 aliphatic heterocycles. The Morgan fingerprint density at radius 3 is 2.86 bits per heavy atom. The SMILES string of the molecule is CCOC(=O)CC1CCNC(C)(C)C1. The zero-order valence-electron chi connectivity index (χ0n) is 9.43. The number of hydrogen-bond acceptors (Lipinski definition) is 3. The average molecular weight is 199 g/mol. The van der Waals surface area contributed by atoms with Crippen molar-refractivity contribution in [3.8, 4) is 0 Å². The Balaban J connectivity index is 2.34. The smallest absolute Gasteiger partial charge is 0.306 e. The van der Waals surface area contributed by atoms with Gasteiger partial charge in [0.15, 0.2) is 0 Å². The Bertz CT molecular complexity index is 201. The molecule has 0 spiro atoms. The molecule has 0 aromatic carbocycles. The van der Waals surface area contributed by atoms with E-state index in [4.69, 9.17) is 4.74 Å². The highest BCUT2D eigenvalue weighted by atomic mass is 16.5. The number of rotatable bonds is 3. The van der Waals surface area contributed by atoms with Gasteiger partial charge in [-0.05, 0) is 46.1 Å². The molecule has 0 aliphatic carbocycles. The Morgan fingerprint density at radius 1 is 1.57 bits per heavy atom. The van der Waals surface area contributed by atoms with E-state index in [1.54, 1.807) is 0 Å². The minimum Gasteiger partial charge on any atom is -0.466 e. The molecule has 0 amide bonds. The van der Waals surface area contributed by atoms with Crippen LogP contribution in [0.1, 0.15) is 40.0 Å². The average Bonchev–Trinajstić information content (AvgIpc) is 2.02. The lowest BCUT2D eigenvalue weighted by atomic mass is 9.83. The molecule has 1 unspecified atom stereocenters. The lowest BCUT2D eigenvalue weighted by molar-refractivity contribution is -0.144. The Labute approximate surface area is 86.2 Å². The van der Waals surface area contributed by atoms with E-state index in [1.807, 2.05) is 6.92 Å². The molecule has 1 atom stereocenters. The van der Waals surface area contributed by atoms with Crippen LogP contribution < -0.4 is 5.32 Å². The lowest BCUT2D eigenvalue weighted by Crippen LogP contribution is -2.46. The first-order valence-corrected chi connectivity index (χ1v) is 5.44. The van der Waals surface area contributed by atoms with Gasteiger partial charge in [0.2, 0.25) is 0 Å². The minimum absolute atomic E-state index is 0.0461. The highest BCUT2D eigenvalue weighted by molar-refractivity contribution is 5.69. The first-order chi connectivity index (χ1) is 6.53. The van der Waals surface area contributed by atoms with Gasteiger partial charge in [0, 0.05) is 12.0 Å². The van der Waals surface area contributed by atoms with Gasteiger partial charge in [0.05, 0.1) is 6.61 Å². The van der Waals surface area contributed by atoms with E-state index in [1.165, 1.54) is 0 Å². The van der Waals surface area contributed by atoms with E-state index >= 15 is 0 Å². The van der Waals surface area contributed by atoms with Crippen LogP contribution in [0.5, 0.6) is 0 Å². The maximum atomic E-state index is 11.3. The van der Waals surface area contributed by atoms with Crippen molar-refractivity contribution in [2.45, 2.75) is 45.6 Å². The van der Waals surface area contributed by atoms with Crippen LogP contribution in [0.15, 0.2) is 0 Å². The normalized spacial score (nSPS) is 25.8. The first-order valence-electron chi connectivity index (χ1n) is 5.44. The molecule has 0 bridgehead atoms. The third-order valence-electron chi connectivity index (χ3n) is 2.72. The van der Waals surface area contributed by atoms with Crippen molar-refractivity contribution in [2.24, 2.45) is 5.92 Å². The van der Waals surface area contributed by atoms with E-state index in [0.717, 1.165) is 19.4 Å². The molecule has 14 heavy (non-hydrogen) atoms. The molecule has 1 aliphatic rings. The third kappa shape index (κ3) is 3.66. The fourth-order valence-electron chi connectivity index (χ4n) is 2.14. The van der Waals surface area contributed by atoms with Crippen LogP contribution >= 0.6 is 0 Å². The monoisotopic (exact) mass is 199 g/mol. The second-order valence-electron chi connectivity index (χ2n) is 4.68. The minimum atomic E-state index is -0.0461. The molecular weight excluding hydrogens is 178 g/mol. The zero-order valence-corrected chi connectivity index (χ0v) is 9.43. The fourth-order valence-corrected chi connectivity index (χ4v) is 2.14. The van der Waals surface area contributed by atoms with E-state index in [-0.39, 0.29) is 11.5 Å². The summed E-state index contributed by atoms with van der Waals surface area (Å²) in [6.07, 6.45) is 2.73. The van der Waals surface area contributed by atoms with E-state index in [9.17, 15) is 4.79 Å². The number of hydrogen-bond donors (Lipinski definition) is 1. The van der Waals surface area contributed by atoms with Crippen LogP contribution in [0.3, 0.4) is 0 Å². The highest BCUT2D eigenvalue weighted by Crippen LogP contribution is 2.26. The van der Waals surface area contributed by atoms with Crippen LogP contribution in [0.25, 0.3) is 0 Å². The van der Waals surface area contributed by atoms with Gasteiger partial charge >= 0.3 is 5.97 Å². The number of carbonyl (C=O) groups is 1. The molecule has 1 heterocycles. The van der Waals surface area contributed by atoms with Gasteiger partial charge in [0.25, 0.3) is 0 Å². The van der Waals surface area contributed by atoms with Crippen molar-refractivity contribution in [1.82, 2.24) is 5.32 Å². The third-order valence-corrected chi connectivity index (χ3v) is 2.72. The van der Waals surface area contributed by atoms with Crippen LogP contribution in [0, 0.1) is 5.92 Å². The standard InChI is InChI=1S/C11H21NO2/c1-4-14-10(13)7-9-5-6-12-11(2,3)8-9/h9,12H,4-8H2,1-3H3. The molecule has 1 N–H and O–H groups in total. The van der Waals surface area contributed by atoms with Crippen molar-refractivity contribution in [2.75, 3.05) is 13.2 Å². The summed E-state index contributed by atoms with van der Waals surface area (Å²) in [4.78, 5) is 11.3. The molecule has 0 aromatic heterocycles. The van der Waals surface area contributed by atoms with Crippen molar-refractivity contribution >= 4 is 5.97 Å². The van der Waals surface area contributed by atoms with Crippen LogP contribution in [0.2, 0.25) is 0 Å². The molecule has 3 nitrogen and oxygen atoms in total. The molecule has 3 heteroatoms. The predicted octanol–water partition coefficient (Wildman–Crippen LogP) is 1.72. The maximum Gasteiger partial charge on any atom is 0.306 e. The van der Waals surface area contributed by atoms with E-state index in [0.29, 0.717) is 18.9 Å². The van der Waals surface area contributed by atoms with Gasteiger partial charge < -0.3 is 10.1 Å². The lowest BCUT2D eigenvalue weighted by Gasteiger charge is -2.36. The number of nitrogens with one attached hydrogen (secondary N) is 1. The Kier molecular flexibility index (Phi) is 3.93. The topological polar surface area (TPSA) is 38.3 Å². The van der Waals surface area contributed by atoms with Crippen molar-refractivity contribution < 1.29 is 9.53 Å².